The van der Waals surface area contributed by atoms with Crippen LogP contribution in [0.3, 0.4) is 0 Å². The molecule has 0 bridgehead atoms. The second-order valence-corrected chi connectivity index (χ2v) is 15.5. The molecule has 0 unspecified atom stereocenters. The van der Waals surface area contributed by atoms with Crippen molar-refractivity contribution in [1.29, 1.82) is 0 Å². The highest BCUT2D eigenvalue weighted by atomic mass is 127. The first-order chi connectivity index (χ1) is 15.9. The Balaban J connectivity index is 1.95. The lowest BCUT2D eigenvalue weighted by molar-refractivity contribution is 0.0251. The minimum atomic E-state index is -1.89. The highest BCUT2D eigenvalue weighted by Gasteiger charge is 2.73. The van der Waals surface area contributed by atoms with E-state index in [1.54, 1.807) is 0 Å². The predicted molar refractivity (Wildman–Crippen MR) is 146 cm³/mol. The van der Waals surface area contributed by atoms with Crippen LogP contribution in [0.25, 0.3) is 0 Å². The molecule has 33 heavy (non-hydrogen) atoms. The van der Waals surface area contributed by atoms with Crippen LogP contribution in [-0.4, -0.2) is 51.3 Å². The molecular weight excluding hydrogens is 543 g/mol. The fourth-order valence-electron chi connectivity index (χ4n) is 6.59. The number of likely N-dealkylation sites (tertiary alicyclic amines) is 1. The molecule has 0 saturated carbocycles. The van der Waals surface area contributed by atoms with Crippen LogP contribution in [-0.2, 0) is 14.6 Å². The molecule has 180 valence electrons. The monoisotopic (exact) mass is 580 g/mol. The maximum atomic E-state index is 13.4. The number of hydrogen-bond acceptors (Lipinski definition) is 4. The molecule has 2 aliphatic heterocycles. The number of halogens is 1. The van der Waals surface area contributed by atoms with Gasteiger partial charge in [-0.25, -0.2) is 4.79 Å². The molecular formula is C26H37IN2O3Si. The van der Waals surface area contributed by atoms with Crippen LogP contribution in [0.4, 0.5) is 10.5 Å². The molecule has 1 aromatic carbocycles. The second-order valence-electron chi connectivity index (χ2n) is 9.43. The number of fused-ring (bicyclic) bond motifs is 1. The van der Waals surface area contributed by atoms with Crippen LogP contribution >= 0.6 is 22.6 Å². The third-order valence-corrected chi connectivity index (χ3v) is 14.1. The zero-order valence-electron chi connectivity index (χ0n) is 20.6. The van der Waals surface area contributed by atoms with Crippen molar-refractivity contribution in [2.24, 2.45) is 0 Å². The van der Waals surface area contributed by atoms with Crippen molar-refractivity contribution >= 4 is 42.7 Å². The van der Waals surface area contributed by atoms with E-state index >= 15 is 0 Å². The number of benzene rings is 1. The summed E-state index contributed by atoms with van der Waals surface area (Å²) >= 11 is 2.43. The first-order valence-corrected chi connectivity index (χ1v) is 15.9. The van der Waals surface area contributed by atoms with E-state index in [-0.39, 0.29) is 17.6 Å². The van der Waals surface area contributed by atoms with E-state index in [4.69, 9.17) is 9.16 Å². The van der Waals surface area contributed by atoms with Gasteiger partial charge in [0.2, 0.25) is 0 Å². The summed E-state index contributed by atoms with van der Waals surface area (Å²) in [5.41, 5.74) is 1.36. The standard InChI is InChI=1S/C26H37IN2O3Si/c1-6-20(27)19-28-18-17-25-21-13-10-11-14-22(21)29(24(30)31-5)26(25,28)16-12-15-23(25)32-33(7-2,8-3)9-4/h6,10-15,23H,7-9,16-19H2,1-5H3/b20-6-/t23-,25+,26-/m1/s1. The largest absolute Gasteiger partial charge is 0.452 e. The quantitative estimate of drug-likeness (QED) is 0.207. The second kappa shape index (κ2) is 9.47. The first kappa shape index (κ1) is 24.9. The van der Waals surface area contributed by atoms with E-state index in [9.17, 15) is 4.79 Å². The Morgan fingerprint density at radius 2 is 1.94 bits per heavy atom. The SMILES string of the molecule is C/C=C(\I)CN1CC[C@@]23c4ccccc4N(C(=O)OC)[C@@]12CC=C[C@H]3O[Si](CC)(CC)CC. The van der Waals surface area contributed by atoms with Crippen molar-refractivity contribution in [3.63, 3.8) is 0 Å². The molecule has 0 spiro atoms. The zero-order chi connectivity index (χ0) is 23.9. The average Bonchev–Trinajstić information content (AvgIpc) is 3.32. The third kappa shape index (κ3) is 3.48. The number of nitrogens with zero attached hydrogens (tertiary/aromatic N) is 2. The number of ether oxygens (including phenoxy) is 1. The van der Waals surface area contributed by atoms with Crippen LogP contribution in [0.15, 0.2) is 46.1 Å². The van der Waals surface area contributed by atoms with Gasteiger partial charge in [-0.3, -0.25) is 9.80 Å². The molecule has 5 nitrogen and oxygen atoms in total. The predicted octanol–water partition coefficient (Wildman–Crippen LogP) is 6.60. The number of amides is 1. The molecule has 0 N–H and O–H groups in total. The third-order valence-electron chi connectivity index (χ3n) is 8.53. The van der Waals surface area contributed by atoms with Crippen LogP contribution in [0, 0.1) is 0 Å². The lowest BCUT2D eigenvalue weighted by Crippen LogP contribution is -2.69. The smallest absolute Gasteiger partial charge is 0.415 e. The summed E-state index contributed by atoms with van der Waals surface area (Å²) in [6.45, 7) is 10.7. The highest BCUT2D eigenvalue weighted by Crippen LogP contribution is 2.64. The van der Waals surface area contributed by atoms with Crippen LogP contribution < -0.4 is 4.90 Å². The zero-order valence-corrected chi connectivity index (χ0v) is 23.7. The van der Waals surface area contributed by atoms with Crippen LogP contribution in [0.5, 0.6) is 0 Å². The number of methoxy groups -OCH3 is 1. The Morgan fingerprint density at radius 1 is 1.24 bits per heavy atom. The molecule has 4 rings (SSSR count). The molecule has 7 heteroatoms. The molecule has 0 aromatic heterocycles. The van der Waals surface area contributed by atoms with Crippen molar-refractivity contribution in [3.8, 4) is 0 Å². The lowest BCUT2D eigenvalue weighted by atomic mass is 9.64. The Morgan fingerprint density at radius 3 is 2.58 bits per heavy atom. The molecule has 0 radical (unpaired) electrons. The maximum absolute atomic E-state index is 13.4. The molecule has 1 fully saturated rings. The molecule has 3 aliphatic rings. The number of anilines is 1. The lowest BCUT2D eigenvalue weighted by Gasteiger charge is -2.54. The topological polar surface area (TPSA) is 42.0 Å². The van der Waals surface area contributed by atoms with Crippen molar-refractivity contribution in [2.45, 2.75) is 75.9 Å². The van der Waals surface area contributed by atoms with E-state index in [0.29, 0.717) is 0 Å². The normalized spacial score (nSPS) is 29.1. The molecule has 1 saturated heterocycles. The summed E-state index contributed by atoms with van der Waals surface area (Å²) < 4.78 is 14.0. The van der Waals surface area contributed by atoms with Gasteiger partial charge in [0.15, 0.2) is 8.32 Å². The Kier molecular flexibility index (Phi) is 7.16. The number of allylic oxidation sites excluding steroid dienone is 1. The minimum Gasteiger partial charge on any atom is -0.452 e. The van der Waals surface area contributed by atoms with E-state index < -0.39 is 14.0 Å². The summed E-state index contributed by atoms with van der Waals surface area (Å²) in [5.74, 6) is 0. The van der Waals surface area contributed by atoms with Gasteiger partial charge in [0, 0.05) is 23.1 Å². The van der Waals surface area contributed by atoms with Gasteiger partial charge in [0.05, 0.1) is 24.3 Å². The molecule has 2 heterocycles. The van der Waals surface area contributed by atoms with Gasteiger partial charge in [-0.1, -0.05) is 57.2 Å². The number of rotatable bonds is 7. The maximum Gasteiger partial charge on any atom is 0.415 e. The Labute approximate surface area is 213 Å². The number of carbonyl (C=O) groups is 1. The molecule has 1 aromatic rings. The average molecular weight is 581 g/mol. The van der Waals surface area contributed by atoms with Gasteiger partial charge in [0.1, 0.15) is 5.66 Å². The van der Waals surface area contributed by atoms with Gasteiger partial charge >= 0.3 is 6.09 Å². The van der Waals surface area contributed by atoms with E-state index in [1.807, 2.05) is 11.0 Å². The number of carbonyl (C=O) groups excluding carboxylic acids is 1. The van der Waals surface area contributed by atoms with Gasteiger partial charge in [-0.2, -0.15) is 0 Å². The van der Waals surface area contributed by atoms with Crippen molar-refractivity contribution in [2.75, 3.05) is 25.1 Å². The van der Waals surface area contributed by atoms with Crippen molar-refractivity contribution in [1.82, 2.24) is 4.90 Å². The van der Waals surface area contributed by atoms with Crippen LogP contribution in [0.1, 0.15) is 46.1 Å². The fourth-order valence-corrected chi connectivity index (χ4v) is 9.82. The summed E-state index contributed by atoms with van der Waals surface area (Å²) in [7, 11) is -0.398. The highest BCUT2D eigenvalue weighted by molar-refractivity contribution is 14.1. The van der Waals surface area contributed by atoms with E-state index in [1.165, 1.54) is 16.3 Å². The van der Waals surface area contributed by atoms with Crippen LogP contribution in [0.2, 0.25) is 18.1 Å². The number of para-hydroxylation sites is 1. The number of hydrogen-bond donors (Lipinski definition) is 0. The van der Waals surface area contributed by atoms with Gasteiger partial charge in [-0.15, -0.1) is 0 Å². The van der Waals surface area contributed by atoms with Gasteiger partial charge in [-0.05, 0) is 65.7 Å². The summed E-state index contributed by atoms with van der Waals surface area (Å²) in [5, 5.41) is 0. The van der Waals surface area contributed by atoms with Crippen molar-refractivity contribution in [3.05, 3.63) is 51.6 Å². The van der Waals surface area contributed by atoms with E-state index in [0.717, 1.165) is 49.8 Å². The van der Waals surface area contributed by atoms with Gasteiger partial charge < -0.3 is 9.16 Å². The molecule has 3 atom stereocenters. The summed E-state index contributed by atoms with van der Waals surface area (Å²) in [6.07, 6.45) is 8.12. The summed E-state index contributed by atoms with van der Waals surface area (Å²) in [6, 6.07) is 11.8. The minimum absolute atomic E-state index is 0.0539. The summed E-state index contributed by atoms with van der Waals surface area (Å²) in [4.78, 5) is 17.9. The van der Waals surface area contributed by atoms with E-state index in [2.05, 4.69) is 91.6 Å². The molecule has 1 aliphatic carbocycles. The Hall–Kier alpha value is -1.16. The molecule has 1 amide bonds. The fraction of sp³-hybridized carbons (Fsp3) is 0.577. The van der Waals surface area contributed by atoms with Gasteiger partial charge in [0.25, 0.3) is 0 Å². The Bertz CT molecular complexity index is 954. The first-order valence-electron chi connectivity index (χ1n) is 12.3. The van der Waals surface area contributed by atoms with Crippen molar-refractivity contribution < 1.29 is 14.0 Å².